The summed E-state index contributed by atoms with van der Waals surface area (Å²) in [5, 5.41) is 3.51. The van der Waals surface area contributed by atoms with Gasteiger partial charge in [-0.05, 0) is 48.1 Å². The molecule has 0 aliphatic rings. The Morgan fingerprint density at radius 3 is 2.04 bits per heavy atom. The van der Waals surface area contributed by atoms with Crippen LogP contribution in [0.3, 0.4) is 0 Å². The number of benzene rings is 2. The lowest BCUT2D eigenvalue weighted by molar-refractivity contribution is 0.100. The molecule has 2 aromatic rings. The van der Waals surface area contributed by atoms with Crippen molar-refractivity contribution < 1.29 is 4.79 Å². The van der Waals surface area contributed by atoms with Gasteiger partial charge < -0.3 is 11.1 Å². The van der Waals surface area contributed by atoms with Crippen molar-refractivity contribution in [2.24, 2.45) is 11.7 Å². The second-order valence-corrected chi connectivity index (χ2v) is 6.50. The third kappa shape index (κ3) is 5.22. The molecule has 0 radical (unpaired) electrons. The van der Waals surface area contributed by atoms with Gasteiger partial charge in [-0.1, -0.05) is 50.2 Å². The summed E-state index contributed by atoms with van der Waals surface area (Å²) in [6, 6.07) is 16.5. The van der Waals surface area contributed by atoms with Gasteiger partial charge in [0.15, 0.2) is 0 Å². The van der Waals surface area contributed by atoms with E-state index in [-0.39, 0.29) is 11.9 Å². The smallest absolute Gasteiger partial charge is 0.248 e. The van der Waals surface area contributed by atoms with E-state index in [1.807, 2.05) is 12.1 Å². The number of amides is 1. The van der Waals surface area contributed by atoms with Crippen LogP contribution in [-0.4, -0.2) is 5.91 Å². The molecule has 1 unspecified atom stereocenters. The number of nitrogens with one attached hydrogen (secondary N) is 1. The maximum absolute atomic E-state index is 11.1. The van der Waals surface area contributed by atoms with Crippen LogP contribution in [0, 0.1) is 5.92 Å². The Morgan fingerprint density at radius 1 is 0.957 bits per heavy atom. The zero-order valence-corrected chi connectivity index (χ0v) is 14.2. The molecule has 3 N–H and O–H groups in total. The molecule has 3 heteroatoms. The molecule has 122 valence electrons. The van der Waals surface area contributed by atoms with Crippen LogP contribution >= 0.6 is 0 Å². The first-order valence-electron chi connectivity index (χ1n) is 8.16. The Kier molecular flexibility index (Phi) is 5.94. The lowest BCUT2D eigenvalue weighted by Gasteiger charge is -2.15. The minimum Gasteiger partial charge on any atom is -0.366 e. The van der Waals surface area contributed by atoms with Crippen LogP contribution in [-0.2, 0) is 13.0 Å². The van der Waals surface area contributed by atoms with E-state index in [1.165, 1.54) is 11.1 Å². The van der Waals surface area contributed by atoms with Crippen molar-refractivity contribution in [3.8, 4) is 0 Å². The first kappa shape index (κ1) is 17.2. The van der Waals surface area contributed by atoms with Gasteiger partial charge in [0.2, 0.25) is 5.91 Å². The second kappa shape index (κ2) is 7.93. The Labute approximate surface area is 138 Å². The average molecular weight is 310 g/mol. The zero-order chi connectivity index (χ0) is 16.8. The number of nitrogens with two attached hydrogens (primary N) is 1. The molecule has 0 aliphatic carbocycles. The molecule has 23 heavy (non-hydrogen) atoms. The molecule has 0 fully saturated rings. The van der Waals surface area contributed by atoms with Crippen LogP contribution in [0.5, 0.6) is 0 Å². The van der Waals surface area contributed by atoms with E-state index in [0.717, 1.165) is 18.5 Å². The third-order valence-corrected chi connectivity index (χ3v) is 3.97. The minimum absolute atomic E-state index is 0.277. The Morgan fingerprint density at radius 2 is 1.52 bits per heavy atom. The van der Waals surface area contributed by atoms with Gasteiger partial charge in [-0.2, -0.15) is 0 Å². The predicted octanol–water partition coefficient (Wildman–Crippen LogP) is 3.83. The van der Waals surface area contributed by atoms with Crippen LogP contribution in [0.2, 0.25) is 0 Å². The fourth-order valence-corrected chi connectivity index (χ4v) is 2.59. The van der Waals surface area contributed by atoms with Gasteiger partial charge in [0, 0.05) is 18.2 Å². The first-order valence-corrected chi connectivity index (χ1v) is 8.16. The quantitative estimate of drug-likeness (QED) is 0.816. The molecule has 0 spiro atoms. The van der Waals surface area contributed by atoms with Crippen LogP contribution in [0.4, 0.5) is 0 Å². The van der Waals surface area contributed by atoms with Crippen molar-refractivity contribution >= 4 is 5.91 Å². The largest absolute Gasteiger partial charge is 0.366 e. The number of carbonyl (C=O) groups excluding carboxylic acids is 1. The van der Waals surface area contributed by atoms with Gasteiger partial charge in [0.1, 0.15) is 0 Å². The second-order valence-electron chi connectivity index (χ2n) is 6.50. The summed E-state index contributed by atoms with van der Waals surface area (Å²) in [5.74, 6) is 0.291. The topological polar surface area (TPSA) is 55.1 Å². The Bertz CT molecular complexity index is 630. The highest BCUT2D eigenvalue weighted by Gasteiger charge is 2.06. The fourth-order valence-electron chi connectivity index (χ4n) is 2.59. The number of hydrogen-bond donors (Lipinski definition) is 2. The molecule has 3 nitrogen and oxygen atoms in total. The zero-order valence-electron chi connectivity index (χ0n) is 14.2. The molecule has 2 aromatic carbocycles. The molecule has 0 bridgehead atoms. The fraction of sp³-hybridized carbons (Fsp3) is 0.350. The highest BCUT2D eigenvalue weighted by molar-refractivity contribution is 5.92. The monoisotopic (exact) mass is 310 g/mol. The van der Waals surface area contributed by atoms with Crippen LogP contribution in [0.1, 0.15) is 53.9 Å². The van der Waals surface area contributed by atoms with Gasteiger partial charge in [-0.15, -0.1) is 0 Å². The molecular formula is C20H26N2O. The lowest BCUT2D eigenvalue weighted by atomic mass is 10.00. The molecule has 2 rings (SSSR count). The summed E-state index contributed by atoms with van der Waals surface area (Å²) in [5.41, 5.74) is 9.60. The summed E-state index contributed by atoms with van der Waals surface area (Å²) in [7, 11) is 0. The van der Waals surface area contributed by atoms with E-state index in [2.05, 4.69) is 50.4 Å². The van der Waals surface area contributed by atoms with E-state index in [9.17, 15) is 4.79 Å². The summed E-state index contributed by atoms with van der Waals surface area (Å²) in [4.78, 5) is 11.1. The maximum Gasteiger partial charge on any atom is 0.248 e. The lowest BCUT2D eigenvalue weighted by Crippen LogP contribution is -2.18. The van der Waals surface area contributed by atoms with Crippen molar-refractivity contribution in [1.29, 1.82) is 0 Å². The van der Waals surface area contributed by atoms with Crippen molar-refractivity contribution in [2.75, 3.05) is 0 Å². The number of rotatable bonds is 7. The Hall–Kier alpha value is -2.13. The first-order chi connectivity index (χ1) is 11.0. The van der Waals surface area contributed by atoms with E-state index in [4.69, 9.17) is 5.73 Å². The van der Waals surface area contributed by atoms with Gasteiger partial charge in [0.25, 0.3) is 0 Å². The van der Waals surface area contributed by atoms with Crippen LogP contribution in [0.25, 0.3) is 0 Å². The SMILES string of the molecule is CC(C)Cc1ccc(C(C)NCc2ccc(C(N)=O)cc2)cc1. The molecule has 0 saturated carbocycles. The van der Waals surface area contributed by atoms with Gasteiger partial charge in [0.05, 0.1) is 0 Å². The van der Waals surface area contributed by atoms with Gasteiger partial charge in [-0.3, -0.25) is 4.79 Å². The average Bonchev–Trinajstić information content (AvgIpc) is 2.53. The predicted molar refractivity (Wildman–Crippen MR) is 95.2 cm³/mol. The molecule has 0 heterocycles. The van der Waals surface area contributed by atoms with Gasteiger partial charge >= 0.3 is 0 Å². The van der Waals surface area contributed by atoms with Crippen molar-refractivity contribution in [1.82, 2.24) is 5.32 Å². The highest BCUT2D eigenvalue weighted by Crippen LogP contribution is 2.16. The third-order valence-electron chi connectivity index (χ3n) is 3.97. The normalized spacial score (nSPS) is 12.3. The summed E-state index contributed by atoms with van der Waals surface area (Å²) in [6.45, 7) is 7.40. The van der Waals surface area contributed by atoms with E-state index in [0.29, 0.717) is 11.5 Å². The minimum atomic E-state index is -0.389. The molecule has 1 atom stereocenters. The number of carbonyl (C=O) groups is 1. The molecule has 0 aliphatic heterocycles. The number of hydrogen-bond acceptors (Lipinski definition) is 2. The maximum atomic E-state index is 11.1. The summed E-state index contributed by atoms with van der Waals surface area (Å²) < 4.78 is 0. The van der Waals surface area contributed by atoms with Crippen LogP contribution < -0.4 is 11.1 Å². The number of primary amides is 1. The summed E-state index contributed by atoms with van der Waals surface area (Å²) in [6.07, 6.45) is 1.12. The Balaban J connectivity index is 1.91. The van der Waals surface area contributed by atoms with Gasteiger partial charge in [-0.25, -0.2) is 0 Å². The van der Waals surface area contributed by atoms with E-state index >= 15 is 0 Å². The van der Waals surface area contributed by atoms with E-state index in [1.54, 1.807) is 12.1 Å². The summed E-state index contributed by atoms with van der Waals surface area (Å²) >= 11 is 0. The molecule has 0 saturated heterocycles. The standard InChI is InChI=1S/C20H26N2O/c1-14(2)12-16-4-8-18(9-5-16)15(3)22-13-17-6-10-19(11-7-17)20(21)23/h4-11,14-15,22H,12-13H2,1-3H3,(H2,21,23). The highest BCUT2D eigenvalue weighted by atomic mass is 16.1. The molecule has 0 aromatic heterocycles. The molecule has 1 amide bonds. The van der Waals surface area contributed by atoms with E-state index < -0.39 is 0 Å². The van der Waals surface area contributed by atoms with Crippen molar-refractivity contribution in [3.63, 3.8) is 0 Å². The molecular weight excluding hydrogens is 284 g/mol. The van der Waals surface area contributed by atoms with Crippen LogP contribution in [0.15, 0.2) is 48.5 Å². The van der Waals surface area contributed by atoms with Crippen molar-refractivity contribution in [2.45, 2.75) is 39.8 Å². The van der Waals surface area contributed by atoms with Crippen molar-refractivity contribution in [3.05, 3.63) is 70.8 Å².